The van der Waals surface area contributed by atoms with E-state index < -0.39 is 10.0 Å². The van der Waals surface area contributed by atoms with E-state index in [0.717, 1.165) is 32.1 Å². The van der Waals surface area contributed by atoms with Gasteiger partial charge in [-0.1, -0.05) is 32.6 Å². The number of amides is 1. The van der Waals surface area contributed by atoms with Crippen LogP contribution in [0.15, 0.2) is 29.2 Å². The minimum atomic E-state index is -3.53. The maximum absolute atomic E-state index is 12.5. The van der Waals surface area contributed by atoms with Gasteiger partial charge < -0.3 is 5.32 Å². The highest BCUT2D eigenvalue weighted by molar-refractivity contribution is 7.89. The fourth-order valence-electron chi connectivity index (χ4n) is 2.88. The zero-order chi connectivity index (χ0) is 17.6. The first-order valence-corrected chi connectivity index (χ1v) is 10.3. The molecule has 5 nitrogen and oxygen atoms in total. The van der Waals surface area contributed by atoms with E-state index in [2.05, 4.69) is 10.0 Å². The molecule has 1 saturated carbocycles. The van der Waals surface area contributed by atoms with Crippen molar-refractivity contribution in [3.05, 3.63) is 29.8 Å². The molecule has 1 amide bonds. The maximum Gasteiger partial charge on any atom is 0.251 e. The molecule has 1 unspecified atom stereocenters. The van der Waals surface area contributed by atoms with Crippen LogP contribution in [0.2, 0.25) is 0 Å². The number of hydrogen-bond donors (Lipinski definition) is 2. The Kier molecular flexibility index (Phi) is 6.80. The number of sulfonamides is 1. The summed E-state index contributed by atoms with van der Waals surface area (Å²) < 4.78 is 27.8. The van der Waals surface area contributed by atoms with E-state index >= 15 is 0 Å². The summed E-state index contributed by atoms with van der Waals surface area (Å²) in [6, 6.07) is 6.26. The van der Waals surface area contributed by atoms with Crippen LogP contribution in [-0.2, 0) is 10.0 Å². The van der Waals surface area contributed by atoms with Gasteiger partial charge in [0.05, 0.1) is 4.90 Å². The number of rotatable bonds is 6. The molecule has 0 aliphatic heterocycles. The van der Waals surface area contributed by atoms with Gasteiger partial charge in [0.15, 0.2) is 0 Å². The SMILES string of the molecule is CCC(C)NC(=O)c1ccc(S(=O)(=O)NC2CCCCCC2)cc1. The predicted octanol–water partition coefficient (Wildman–Crippen LogP) is 3.22. The summed E-state index contributed by atoms with van der Waals surface area (Å²) in [6.07, 6.45) is 7.15. The van der Waals surface area contributed by atoms with Gasteiger partial charge in [-0.25, -0.2) is 13.1 Å². The standard InChI is InChI=1S/C18H28N2O3S/c1-3-14(2)19-18(21)15-10-12-17(13-11-15)24(22,23)20-16-8-6-4-5-7-9-16/h10-14,16,20H,3-9H2,1-2H3,(H,19,21). The van der Waals surface area contributed by atoms with Crippen LogP contribution in [0.1, 0.15) is 69.2 Å². The normalized spacial score (nSPS) is 17.9. The summed E-state index contributed by atoms with van der Waals surface area (Å²) in [5.74, 6) is -0.176. The van der Waals surface area contributed by atoms with Gasteiger partial charge in [-0.2, -0.15) is 0 Å². The molecule has 0 spiro atoms. The zero-order valence-corrected chi connectivity index (χ0v) is 15.4. The Morgan fingerprint density at radius 3 is 2.25 bits per heavy atom. The summed E-state index contributed by atoms with van der Waals surface area (Å²) in [7, 11) is -3.53. The lowest BCUT2D eigenvalue weighted by molar-refractivity contribution is 0.0939. The van der Waals surface area contributed by atoms with E-state index in [1.54, 1.807) is 12.1 Å². The monoisotopic (exact) mass is 352 g/mol. The molecule has 2 N–H and O–H groups in total. The van der Waals surface area contributed by atoms with Crippen LogP contribution in [0.3, 0.4) is 0 Å². The summed E-state index contributed by atoms with van der Waals surface area (Å²) in [6.45, 7) is 3.94. The molecule has 0 bridgehead atoms. The predicted molar refractivity (Wildman–Crippen MR) is 95.5 cm³/mol. The molecular weight excluding hydrogens is 324 g/mol. The Balaban J connectivity index is 2.04. The summed E-state index contributed by atoms with van der Waals surface area (Å²) in [5.41, 5.74) is 0.476. The van der Waals surface area contributed by atoms with Gasteiger partial charge in [0, 0.05) is 17.6 Å². The van der Waals surface area contributed by atoms with E-state index in [1.807, 2.05) is 13.8 Å². The van der Waals surface area contributed by atoms with Crippen molar-refractivity contribution in [2.75, 3.05) is 0 Å². The number of nitrogens with one attached hydrogen (secondary N) is 2. The fraction of sp³-hybridized carbons (Fsp3) is 0.611. The van der Waals surface area contributed by atoms with Gasteiger partial charge in [0.2, 0.25) is 10.0 Å². The van der Waals surface area contributed by atoms with Crippen molar-refractivity contribution < 1.29 is 13.2 Å². The molecule has 1 atom stereocenters. The third-order valence-electron chi connectivity index (χ3n) is 4.59. The number of hydrogen-bond acceptors (Lipinski definition) is 3. The number of carbonyl (C=O) groups is 1. The van der Waals surface area contributed by atoms with Crippen molar-refractivity contribution in [2.45, 2.75) is 75.8 Å². The van der Waals surface area contributed by atoms with Crippen LogP contribution in [0.5, 0.6) is 0 Å². The van der Waals surface area contributed by atoms with Crippen LogP contribution < -0.4 is 10.0 Å². The lowest BCUT2D eigenvalue weighted by atomic mass is 10.1. The van der Waals surface area contributed by atoms with Crippen LogP contribution >= 0.6 is 0 Å². The molecule has 1 aromatic rings. The Labute approximate surface area is 145 Å². The molecule has 0 radical (unpaired) electrons. The Bertz CT molecular complexity index is 633. The van der Waals surface area contributed by atoms with E-state index in [1.165, 1.54) is 25.0 Å². The molecule has 0 saturated heterocycles. The van der Waals surface area contributed by atoms with Gasteiger partial charge in [0.25, 0.3) is 5.91 Å². The van der Waals surface area contributed by atoms with E-state index in [-0.39, 0.29) is 22.9 Å². The van der Waals surface area contributed by atoms with Crippen LogP contribution in [0.4, 0.5) is 0 Å². The highest BCUT2D eigenvalue weighted by Crippen LogP contribution is 2.20. The maximum atomic E-state index is 12.5. The van der Waals surface area contributed by atoms with Crippen LogP contribution in [0, 0.1) is 0 Å². The zero-order valence-electron chi connectivity index (χ0n) is 14.5. The molecule has 1 aliphatic rings. The van der Waals surface area contributed by atoms with Crippen molar-refractivity contribution >= 4 is 15.9 Å². The third kappa shape index (κ3) is 5.31. The van der Waals surface area contributed by atoms with Crippen molar-refractivity contribution in [2.24, 2.45) is 0 Å². The average molecular weight is 353 g/mol. The molecule has 134 valence electrons. The van der Waals surface area contributed by atoms with E-state index in [9.17, 15) is 13.2 Å². The summed E-state index contributed by atoms with van der Waals surface area (Å²) in [4.78, 5) is 12.3. The van der Waals surface area contributed by atoms with E-state index in [0.29, 0.717) is 5.56 Å². The Morgan fingerprint density at radius 2 is 1.71 bits per heavy atom. The van der Waals surface area contributed by atoms with Crippen molar-refractivity contribution in [3.8, 4) is 0 Å². The smallest absolute Gasteiger partial charge is 0.251 e. The quantitative estimate of drug-likeness (QED) is 0.772. The number of benzene rings is 1. The molecule has 24 heavy (non-hydrogen) atoms. The second-order valence-corrected chi connectivity index (χ2v) is 8.33. The van der Waals surface area contributed by atoms with Crippen molar-refractivity contribution in [1.29, 1.82) is 0 Å². The lowest BCUT2D eigenvalue weighted by Gasteiger charge is -2.16. The highest BCUT2D eigenvalue weighted by atomic mass is 32.2. The van der Waals surface area contributed by atoms with E-state index in [4.69, 9.17) is 0 Å². The van der Waals surface area contributed by atoms with Gasteiger partial charge in [-0.15, -0.1) is 0 Å². The molecule has 1 aliphatic carbocycles. The first kappa shape index (κ1) is 18.9. The lowest BCUT2D eigenvalue weighted by Crippen LogP contribution is -2.34. The second-order valence-electron chi connectivity index (χ2n) is 6.62. The largest absolute Gasteiger partial charge is 0.350 e. The van der Waals surface area contributed by atoms with Crippen LogP contribution in [0.25, 0.3) is 0 Å². The van der Waals surface area contributed by atoms with Crippen molar-refractivity contribution in [1.82, 2.24) is 10.0 Å². The first-order chi connectivity index (χ1) is 11.4. The molecule has 6 heteroatoms. The van der Waals surface area contributed by atoms with Gasteiger partial charge in [0.1, 0.15) is 0 Å². The molecule has 0 heterocycles. The van der Waals surface area contributed by atoms with Gasteiger partial charge in [-0.3, -0.25) is 4.79 Å². The van der Waals surface area contributed by atoms with Gasteiger partial charge in [-0.05, 0) is 50.5 Å². The molecule has 1 fully saturated rings. The third-order valence-corrected chi connectivity index (χ3v) is 6.13. The molecule has 2 rings (SSSR count). The fourth-order valence-corrected chi connectivity index (χ4v) is 4.18. The Morgan fingerprint density at radius 1 is 1.12 bits per heavy atom. The minimum absolute atomic E-state index is 0.0193. The summed E-state index contributed by atoms with van der Waals surface area (Å²) >= 11 is 0. The Hall–Kier alpha value is -1.40. The average Bonchev–Trinajstić information content (AvgIpc) is 2.83. The second kappa shape index (κ2) is 8.62. The number of carbonyl (C=O) groups excluding carboxylic acids is 1. The van der Waals surface area contributed by atoms with Gasteiger partial charge >= 0.3 is 0 Å². The first-order valence-electron chi connectivity index (χ1n) is 8.85. The molecule has 1 aromatic carbocycles. The molecule has 0 aromatic heterocycles. The summed E-state index contributed by atoms with van der Waals surface area (Å²) in [5, 5.41) is 2.87. The molecular formula is C18H28N2O3S. The minimum Gasteiger partial charge on any atom is -0.350 e. The highest BCUT2D eigenvalue weighted by Gasteiger charge is 2.21. The topological polar surface area (TPSA) is 75.3 Å². The van der Waals surface area contributed by atoms with Crippen molar-refractivity contribution in [3.63, 3.8) is 0 Å². The van der Waals surface area contributed by atoms with Crippen LogP contribution in [-0.4, -0.2) is 26.4 Å².